The quantitative estimate of drug-likeness (QED) is 0.856. The van der Waals surface area contributed by atoms with Crippen LogP contribution in [0.3, 0.4) is 0 Å². The molecule has 0 aromatic carbocycles. The van der Waals surface area contributed by atoms with Crippen LogP contribution in [0.4, 0.5) is 5.95 Å². The Balaban J connectivity index is 1.64. The van der Waals surface area contributed by atoms with E-state index in [0.717, 1.165) is 70.4 Å². The molecule has 20 heavy (non-hydrogen) atoms. The van der Waals surface area contributed by atoms with Gasteiger partial charge in [-0.25, -0.2) is 9.97 Å². The van der Waals surface area contributed by atoms with Crippen molar-refractivity contribution < 1.29 is 9.84 Å². The van der Waals surface area contributed by atoms with Crippen LogP contribution in [-0.2, 0) is 11.3 Å². The van der Waals surface area contributed by atoms with Crippen molar-refractivity contribution >= 4 is 5.95 Å². The van der Waals surface area contributed by atoms with E-state index < -0.39 is 0 Å². The van der Waals surface area contributed by atoms with Crippen LogP contribution < -0.4 is 4.90 Å². The number of hydrogen-bond acceptors (Lipinski definition) is 6. The van der Waals surface area contributed by atoms with E-state index in [1.54, 1.807) is 0 Å². The topological polar surface area (TPSA) is 61.7 Å². The van der Waals surface area contributed by atoms with E-state index in [-0.39, 0.29) is 6.10 Å². The van der Waals surface area contributed by atoms with Crippen molar-refractivity contribution in [1.29, 1.82) is 0 Å². The van der Waals surface area contributed by atoms with Gasteiger partial charge in [-0.1, -0.05) is 0 Å². The van der Waals surface area contributed by atoms with Crippen LogP contribution in [0.2, 0.25) is 0 Å². The summed E-state index contributed by atoms with van der Waals surface area (Å²) in [5.41, 5.74) is 1.02. The van der Waals surface area contributed by atoms with Crippen LogP contribution in [0, 0.1) is 0 Å². The zero-order chi connectivity index (χ0) is 13.8. The molecule has 3 heterocycles. The molecular formula is C14H22N4O2. The third-order valence-electron chi connectivity index (χ3n) is 3.86. The number of aromatic nitrogens is 2. The summed E-state index contributed by atoms with van der Waals surface area (Å²) >= 11 is 0. The van der Waals surface area contributed by atoms with Gasteiger partial charge in [0.05, 0.1) is 25.0 Å². The van der Waals surface area contributed by atoms with Crippen molar-refractivity contribution in [1.82, 2.24) is 14.9 Å². The maximum atomic E-state index is 9.72. The molecule has 1 N–H and O–H groups in total. The summed E-state index contributed by atoms with van der Waals surface area (Å²) in [4.78, 5) is 13.4. The molecule has 1 aromatic rings. The lowest BCUT2D eigenvalue weighted by Crippen LogP contribution is -2.39. The van der Waals surface area contributed by atoms with Gasteiger partial charge in [0.15, 0.2) is 0 Å². The normalized spacial score (nSPS) is 24.9. The monoisotopic (exact) mass is 278 g/mol. The zero-order valence-electron chi connectivity index (χ0n) is 11.7. The molecule has 2 aliphatic rings. The molecule has 0 aliphatic carbocycles. The number of β-amino-alcohol motifs (C(OH)–C–C–N with tert-alkyl or cyclic N) is 1. The summed E-state index contributed by atoms with van der Waals surface area (Å²) in [7, 11) is 0. The van der Waals surface area contributed by atoms with Gasteiger partial charge in [-0.05, 0) is 25.5 Å². The van der Waals surface area contributed by atoms with Crippen molar-refractivity contribution in [3.05, 3.63) is 18.0 Å². The Hall–Kier alpha value is -1.24. The fourth-order valence-corrected chi connectivity index (χ4v) is 2.79. The minimum atomic E-state index is -0.190. The highest BCUT2D eigenvalue weighted by Crippen LogP contribution is 2.14. The van der Waals surface area contributed by atoms with E-state index in [2.05, 4.69) is 19.8 Å². The number of nitrogens with zero attached hydrogens (tertiary/aromatic N) is 4. The van der Waals surface area contributed by atoms with Gasteiger partial charge in [0.2, 0.25) is 5.95 Å². The molecule has 0 spiro atoms. The highest BCUT2D eigenvalue weighted by Gasteiger charge is 2.19. The molecule has 2 aliphatic heterocycles. The first kappa shape index (κ1) is 13.7. The molecule has 2 fully saturated rings. The SMILES string of the molecule is O[C@@H]1CCCN(Cc2ccnc(N3CCOCC3)n2)C1. The van der Waals surface area contributed by atoms with E-state index in [1.807, 2.05) is 12.3 Å². The molecular weight excluding hydrogens is 256 g/mol. The second-order valence-corrected chi connectivity index (χ2v) is 5.48. The third kappa shape index (κ3) is 3.45. The van der Waals surface area contributed by atoms with Gasteiger partial charge in [0.1, 0.15) is 0 Å². The smallest absolute Gasteiger partial charge is 0.225 e. The Morgan fingerprint density at radius 1 is 1.30 bits per heavy atom. The molecule has 0 unspecified atom stereocenters. The fraction of sp³-hybridized carbons (Fsp3) is 0.714. The molecule has 3 rings (SSSR count). The summed E-state index contributed by atoms with van der Waals surface area (Å²) < 4.78 is 5.35. The number of anilines is 1. The number of aliphatic hydroxyl groups excluding tert-OH is 1. The van der Waals surface area contributed by atoms with Gasteiger partial charge >= 0.3 is 0 Å². The number of rotatable bonds is 3. The first-order chi connectivity index (χ1) is 9.81. The molecule has 2 saturated heterocycles. The van der Waals surface area contributed by atoms with Crippen molar-refractivity contribution in [3.8, 4) is 0 Å². The Bertz CT molecular complexity index is 437. The highest BCUT2D eigenvalue weighted by atomic mass is 16.5. The van der Waals surface area contributed by atoms with Crippen LogP contribution >= 0.6 is 0 Å². The summed E-state index contributed by atoms with van der Waals surface area (Å²) in [6, 6.07) is 1.96. The molecule has 0 radical (unpaired) electrons. The average Bonchev–Trinajstić information content (AvgIpc) is 2.48. The second-order valence-electron chi connectivity index (χ2n) is 5.48. The lowest BCUT2D eigenvalue weighted by molar-refractivity contribution is 0.0662. The summed E-state index contributed by atoms with van der Waals surface area (Å²) in [6.45, 7) is 5.76. The van der Waals surface area contributed by atoms with E-state index in [4.69, 9.17) is 4.74 Å². The van der Waals surface area contributed by atoms with Crippen LogP contribution in [0.5, 0.6) is 0 Å². The lowest BCUT2D eigenvalue weighted by Gasteiger charge is -2.30. The zero-order valence-corrected chi connectivity index (χ0v) is 11.7. The predicted molar refractivity (Wildman–Crippen MR) is 75.6 cm³/mol. The maximum Gasteiger partial charge on any atom is 0.225 e. The van der Waals surface area contributed by atoms with Crippen LogP contribution in [-0.4, -0.2) is 65.5 Å². The van der Waals surface area contributed by atoms with Crippen molar-refractivity contribution in [3.63, 3.8) is 0 Å². The molecule has 0 amide bonds. The molecule has 6 nitrogen and oxygen atoms in total. The minimum Gasteiger partial charge on any atom is -0.392 e. The van der Waals surface area contributed by atoms with Crippen LogP contribution in [0.15, 0.2) is 12.3 Å². The van der Waals surface area contributed by atoms with Gasteiger partial charge in [-0.2, -0.15) is 0 Å². The highest BCUT2D eigenvalue weighted by molar-refractivity contribution is 5.30. The second kappa shape index (κ2) is 6.47. The molecule has 1 aromatic heterocycles. The first-order valence-corrected chi connectivity index (χ1v) is 7.36. The number of hydrogen-bond donors (Lipinski definition) is 1. The third-order valence-corrected chi connectivity index (χ3v) is 3.86. The molecule has 110 valence electrons. The predicted octanol–water partition coefficient (Wildman–Crippen LogP) is 0.270. The minimum absolute atomic E-state index is 0.190. The summed E-state index contributed by atoms with van der Waals surface area (Å²) in [6.07, 6.45) is 3.61. The molecule has 6 heteroatoms. The number of morpholine rings is 1. The maximum absolute atomic E-state index is 9.72. The van der Waals surface area contributed by atoms with Crippen molar-refractivity contribution in [2.24, 2.45) is 0 Å². The number of likely N-dealkylation sites (tertiary alicyclic amines) is 1. The Morgan fingerprint density at radius 3 is 2.95 bits per heavy atom. The summed E-state index contributed by atoms with van der Waals surface area (Å²) in [5, 5.41) is 9.72. The van der Waals surface area contributed by atoms with E-state index in [1.165, 1.54) is 0 Å². The van der Waals surface area contributed by atoms with Crippen molar-refractivity contribution in [2.45, 2.75) is 25.5 Å². The van der Waals surface area contributed by atoms with Gasteiger partial charge < -0.3 is 14.7 Å². The van der Waals surface area contributed by atoms with E-state index in [9.17, 15) is 5.11 Å². The van der Waals surface area contributed by atoms with Gasteiger partial charge in [0.25, 0.3) is 0 Å². The Kier molecular flexibility index (Phi) is 4.44. The molecule has 0 bridgehead atoms. The van der Waals surface area contributed by atoms with Crippen LogP contribution in [0.25, 0.3) is 0 Å². The van der Waals surface area contributed by atoms with Gasteiger partial charge in [-0.15, -0.1) is 0 Å². The number of aliphatic hydroxyl groups is 1. The first-order valence-electron chi connectivity index (χ1n) is 7.36. The standard InChI is InChI=1S/C14H22N4O2/c19-13-2-1-5-17(11-13)10-12-3-4-15-14(16-12)18-6-8-20-9-7-18/h3-4,13,19H,1-2,5-11H2/t13-/m1/s1. The largest absolute Gasteiger partial charge is 0.392 e. The Morgan fingerprint density at radius 2 is 2.15 bits per heavy atom. The van der Waals surface area contributed by atoms with Crippen molar-refractivity contribution in [2.75, 3.05) is 44.3 Å². The molecule has 1 atom stereocenters. The van der Waals surface area contributed by atoms with Gasteiger partial charge in [0, 0.05) is 32.4 Å². The number of piperidine rings is 1. The van der Waals surface area contributed by atoms with Crippen LogP contribution in [0.1, 0.15) is 18.5 Å². The number of ether oxygens (including phenoxy) is 1. The lowest BCUT2D eigenvalue weighted by atomic mass is 10.1. The summed E-state index contributed by atoms with van der Waals surface area (Å²) in [5.74, 6) is 0.795. The Labute approximate surface area is 119 Å². The van der Waals surface area contributed by atoms with E-state index >= 15 is 0 Å². The van der Waals surface area contributed by atoms with Gasteiger partial charge in [-0.3, -0.25) is 4.90 Å². The average molecular weight is 278 g/mol. The molecule has 0 saturated carbocycles. The van der Waals surface area contributed by atoms with E-state index in [0.29, 0.717) is 0 Å². The fourth-order valence-electron chi connectivity index (χ4n) is 2.79.